The highest BCUT2D eigenvalue weighted by Gasteiger charge is 2.19. The van der Waals surface area contributed by atoms with E-state index in [4.69, 9.17) is 0 Å². The van der Waals surface area contributed by atoms with E-state index in [1.165, 1.54) is 86.8 Å². The molecule has 0 N–H and O–H groups in total. The number of hydrogen-bond acceptors (Lipinski definition) is 1. The summed E-state index contributed by atoms with van der Waals surface area (Å²) in [6.07, 6.45) is 2.19. The van der Waals surface area contributed by atoms with Gasteiger partial charge in [-0.3, -0.25) is 0 Å². The zero-order chi connectivity index (χ0) is 29.5. The van der Waals surface area contributed by atoms with Gasteiger partial charge in [-0.1, -0.05) is 72.8 Å². The first kappa shape index (κ1) is 24.8. The maximum atomic E-state index is 2.45. The Labute approximate surface area is 263 Å². The van der Waals surface area contributed by atoms with Crippen molar-refractivity contribution in [1.82, 2.24) is 9.13 Å². The summed E-state index contributed by atoms with van der Waals surface area (Å²) >= 11 is 1.83. The molecule has 0 aliphatic heterocycles. The van der Waals surface area contributed by atoms with Crippen LogP contribution in [0.3, 0.4) is 0 Å². The molecule has 45 heavy (non-hydrogen) atoms. The lowest BCUT2D eigenvalue weighted by Crippen LogP contribution is -1.94. The molecule has 10 rings (SSSR count). The minimum atomic E-state index is 1.17. The Balaban J connectivity index is 1.38. The van der Waals surface area contributed by atoms with Gasteiger partial charge < -0.3 is 9.13 Å². The van der Waals surface area contributed by atoms with Crippen LogP contribution in [0.25, 0.3) is 86.8 Å². The van der Waals surface area contributed by atoms with Crippen LogP contribution in [0.5, 0.6) is 0 Å². The molecule has 3 heterocycles. The number of thiophene rings is 1. The Morgan fingerprint density at radius 1 is 0.400 bits per heavy atom. The molecule has 0 radical (unpaired) electrons. The first-order valence-corrected chi connectivity index (χ1v) is 16.2. The molecule has 210 valence electrons. The third-order valence-electron chi connectivity index (χ3n) is 9.37. The lowest BCUT2D eigenvalue weighted by Gasteiger charge is -2.14. The fourth-order valence-corrected chi connectivity index (χ4v) is 8.28. The van der Waals surface area contributed by atoms with E-state index in [9.17, 15) is 0 Å². The highest BCUT2D eigenvalue weighted by atomic mass is 32.1. The van der Waals surface area contributed by atoms with Gasteiger partial charge in [0, 0.05) is 49.4 Å². The van der Waals surface area contributed by atoms with Crippen molar-refractivity contribution < 1.29 is 0 Å². The van der Waals surface area contributed by atoms with E-state index in [1.807, 2.05) is 11.3 Å². The molecule has 0 atom stereocenters. The van der Waals surface area contributed by atoms with E-state index in [-0.39, 0.29) is 0 Å². The average molecular weight is 591 g/mol. The van der Waals surface area contributed by atoms with E-state index in [0.29, 0.717) is 0 Å². The van der Waals surface area contributed by atoms with Crippen LogP contribution in [-0.4, -0.2) is 9.13 Å². The van der Waals surface area contributed by atoms with Crippen molar-refractivity contribution in [3.8, 4) is 22.5 Å². The van der Waals surface area contributed by atoms with Gasteiger partial charge in [0.1, 0.15) is 0 Å². The number of para-hydroxylation sites is 3. The predicted octanol–water partition coefficient (Wildman–Crippen LogP) is 11.9. The molecule has 0 bridgehead atoms. The normalized spacial score (nSPS) is 12.0. The van der Waals surface area contributed by atoms with Crippen molar-refractivity contribution in [2.24, 2.45) is 0 Å². The largest absolute Gasteiger partial charge is 0.317 e. The maximum absolute atomic E-state index is 2.45. The highest BCUT2D eigenvalue weighted by molar-refractivity contribution is 7.17. The molecular weight excluding hydrogens is 565 g/mol. The molecule has 0 spiro atoms. The number of aromatic nitrogens is 2. The monoisotopic (exact) mass is 590 g/mol. The van der Waals surface area contributed by atoms with Gasteiger partial charge in [-0.25, -0.2) is 0 Å². The fraction of sp³-hybridized carbons (Fsp3) is 0. The third-order valence-corrected chi connectivity index (χ3v) is 10.3. The van der Waals surface area contributed by atoms with Crippen molar-refractivity contribution in [2.75, 3.05) is 0 Å². The number of nitrogens with zero attached hydrogens (tertiary/aromatic N) is 2. The fourth-order valence-electron chi connectivity index (χ4n) is 7.32. The van der Waals surface area contributed by atoms with E-state index in [1.54, 1.807) is 0 Å². The van der Waals surface area contributed by atoms with Gasteiger partial charge in [-0.15, -0.1) is 11.3 Å². The summed E-state index contributed by atoms with van der Waals surface area (Å²) in [5.74, 6) is 0. The minimum Gasteiger partial charge on any atom is -0.317 e. The number of benzene rings is 7. The first-order valence-electron chi connectivity index (χ1n) is 15.3. The number of rotatable bonds is 3. The third kappa shape index (κ3) is 3.62. The number of fused-ring (bicyclic) bond motifs is 8. The van der Waals surface area contributed by atoms with E-state index < -0.39 is 0 Å². The van der Waals surface area contributed by atoms with Crippen LogP contribution in [0, 0.1) is 0 Å². The van der Waals surface area contributed by atoms with Gasteiger partial charge >= 0.3 is 0 Å². The number of hydrogen-bond donors (Lipinski definition) is 0. The molecule has 0 saturated heterocycles. The summed E-state index contributed by atoms with van der Waals surface area (Å²) in [6, 6.07) is 53.3. The van der Waals surface area contributed by atoms with Gasteiger partial charge in [0.25, 0.3) is 0 Å². The zero-order valence-electron chi connectivity index (χ0n) is 24.3. The summed E-state index contributed by atoms with van der Waals surface area (Å²) in [7, 11) is 0. The molecule has 0 aliphatic rings. The van der Waals surface area contributed by atoms with Crippen LogP contribution in [0.2, 0.25) is 0 Å². The minimum absolute atomic E-state index is 1.17. The molecule has 7 aromatic carbocycles. The van der Waals surface area contributed by atoms with Crippen molar-refractivity contribution >= 4 is 75.7 Å². The van der Waals surface area contributed by atoms with Gasteiger partial charge in [0.05, 0.1) is 16.6 Å². The topological polar surface area (TPSA) is 9.86 Å². The van der Waals surface area contributed by atoms with Gasteiger partial charge in [-0.2, -0.15) is 0 Å². The molecule has 0 fully saturated rings. The zero-order valence-corrected chi connectivity index (χ0v) is 25.1. The summed E-state index contributed by atoms with van der Waals surface area (Å²) in [5, 5.41) is 12.5. The SMILES string of the molecule is c1ccc(-n2ccc3cc4c(cc(-c5csc6ccccc56)c5cc6c7ccccc7n(-c7ccccc7)c6cc54)cc32)cc1. The molecule has 2 nitrogen and oxygen atoms in total. The molecule has 0 saturated carbocycles. The van der Waals surface area contributed by atoms with E-state index in [0.717, 1.165) is 0 Å². The van der Waals surface area contributed by atoms with Crippen molar-refractivity contribution in [3.05, 3.63) is 157 Å². The quantitative estimate of drug-likeness (QED) is 0.181. The van der Waals surface area contributed by atoms with Crippen LogP contribution in [0.4, 0.5) is 0 Å². The van der Waals surface area contributed by atoms with Crippen LogP contribution < -0.4 is 0 Å². The van der Waals surface area contributed by atoms with Crippen molar-refractivity contribution in [3.63, 3.8) is 0 Å². The molecule has 3 aromatic heterocycles. The van der Waals surface area contributed by atoms with Crippen LogP contribution in [-0.2, 0) is 0 Å². The Morgan fingerprint density at radius 2 is 1.13 bits per heavy atom. The molecule has 3 heteroatoms. The average Bonchev–Trinajstić information content (AvgIpc) is 3.81. The summed E-state index contributed by atoms with van der Waals surface area (Å²) < 4.78 is 6.04. The summed E-state index contributed by atoms with van der Waals surface area (Å²) in [6.45, 7) is 0. The van der Waals surface area contributed by atoms with Crippen LogP contribution in [0.15, 0.2) is 157 Å². The van der Waals surface area contributed by atoms with Crippen LogP contribution in [0.1, 0.15) is 0 Å². The smallest absolute Gasteiger partial charge is 0.0547 e. The second-order valence-corrected chi connectivity index (χ2v) is 12.7. The second kappa shape index (κ2) is 9.43. The van der Waals surface area contributed by atoms with E-state index >= 15 is 0 Å². The van der Waals surface area contributed by atoms with Crippen molar-refractivity contribution in [1.29, 1.82) is 0 Å². The maximum Gasteiger partial charge on any atom is 0.0547 e. The molecule has 0 unspecified atom stereocenters. The lowest BCUT2D eigenvalue weighted by molar-refractivity contribution is 1.13. The van der Waals surface area contributed by atoms with Crippen molar-refractivity contribution in [2.45, 2.75) is 0 Å². The molecule has 10 aromatic rings. The summed E-state index contributed by atoms with van der Waals surface area (Å²) in [4.78, 5) is 0. The van der Waals surface area contributed by atoms with E-state index in [2.05, 4.69) is 166 Å². The first-order chi connectivity index (χ1) is 22.3. The second-order valence-electron chi connectivity index (χ2n) is 11.8. The Hall–Kier alpha value is -5.64. The van der Waals surface area contributed by atoms with Gasteiger partial charge in [0.2, 0.25) is 0 Å². The Morgan fingerprint density at radius 3 is 1.98 bits per heavy atom. The van der Waals surface area contributed by atoms with Crippen LogP contribution >= 0.6 is 11.3 Å². The summed E-state index contributed by atoms with van der Waals surface area (Å²) in [5.41, 5.74) is 8.60. The lowest BCUT2D eigenvalue weighted by atomic mass is 9.91. The Kier molecular flexibility index (Phi) is 5.19. The van der Waals surface area contributed by atoms with Gasteiger partial charge in [-0.05, 0) is 105 Å². The van der Waals surface area contributed by atoms with Gasteiger partial charge in [0.15, 0.2) is 0 Å². The highest BCUT2D eigenvalue weighted by Crippen LogP contribution is 2.44. The standard InChI is InChI=1S/C42H26N2S/c1-3-11-29(12-4-1)43-20-19-27-21-33-28(23-40(27)43)22-34(38-26-45-42-18-10-8-16-32(38)42)35-24-37-31-15-7-9-17-39(31)44(41(37)25-36(33)35)30-13-5-2-6-14-30/h1-26H. The Bertz CT molecular complexity index is 2740. The molecule has 0 aliphatic carbocycles. The predicted molar refractivity (Wildman–Crippen MR) is 193 cm³/mol. The molecular formula is C42H26N2S. The molecule has 0 amide bonds.